The highest BCUT2D eigenvalue weighted by molar-refractivity contribution is 6.19. The maximum Gasteiger partial charge on any atom is 0.417 e. The number of carbonyl (C=O) groups is 1. The lowest BCUT2D eigenvalue weighted by molar-refractivity contribution is -0.138. The molecule has 0 saturated carbocycles. The van der Waals surface area contributed by atoms with Crippen LogP contribution in [0.15, 0.2) is 18.2 Å². The molecule has 0 aromatic heterocycles. The van der Waals surface area contributed by atoms with Gasteiger partial charge in [0.05, 0.1) is 11.1 Å². The van der Waals surface area contributed by atoms with Crippen molar-refractivity contribution in [3.63, 3.8) is 0 Å². The molecule has 0 atom stereocenters. The molecule has 0 amide bonds. The maximum absolute atomic E-state index is 12.5. The van der Waals surface area contributed by atoms with Gasteiger partial charge in [0, 0.05) is 12.3 Å². The van der Waals surface area contributed by atoms with E-state index in [-0.39, 0.29) is 12.3 Å². The molecule has 88 valence electrons. The van der Waals surface area contributed by atoms with Gasteiger partial charge in [0.25, 0.3) is 0 Å². The Morgan fingerprint density at radius 1 is 1.38 bits per heavy atom. The van der Waals surface area contributed by atoms with E-state index in [1.54, 1.807) is 0 Å². The molecule has 0 aliphatic carbocycles. The first-order valence-electron chi connectivity index (χ1n) is 4.36. The Kier molecular flexibility index (Phi) is 3.80. The van der Waals surface area contributed by atoms with E-state index in [2.05, 4.69) is 0 Å². The van der Waals surface area contributed by atoms with E-state index in [1.165, 1.54) is 0 Å². The molecule has 16 heavy (non-hydrogen) atoms. The second-order valence-corrected chi connectivity index (χ2v) is 3.44. The van der Waals surface area contributed by atoms with Gasteiger partial charge in [-0.3, -0.25) is 4.79 Å². The number of ketones is 1. The van der Waals surface area contributed by atoms with Crippen LogP contribution in [0, 0.1) is 0 Å². The largest absolute Gasteiger partial charge is 0.507 e. The van der Waals surface area contributed by atoms with Crippen molar-refractivity contribution >= 4 is 17.4 Å². The fraction of sp³-hybridized carbons (Fsp3) is 0.300. The van der Waals surface area contributed by atoms with Crippen LogP contribution >= 0.6 is 11.6 Å². The minimum atomic E-state index is -4.67. The molecule has 1 N–H and O–H groups in total. The minimum Gasteiger partial charge on any atom is -0.507 e. The Bertz CT molecular complexity index is 402. The molecule has 0 radical (unpaired) electrons. The monoisotopic (exact) mass is 252 g/mol. The molecule has 1 rings (SSSR count). The highest BCUT2D eigenvalue weighted by Crippen LogP contribution is 2.36. The van der Waals surface area contributed by atoms with Gasteiger partial charge in [-0.15, -0.1) is 11.6 Å². The predicted octanol–water partition coefficient (Wildman–Crippen LogP) is 3.22. The number of aromatic hydroxyl groups is 1. The van der Waals surface area contributed by atoms with Crippen LogP contribution < -0.4 is 0 Å². The van der Waals surface area contributed by atoms with Gasteiger partial charge in [-0.1, -0.05) is 6.07 Å². The number of carbonyl (C=O) groups excluding carboxylic acids is 1. The third kappa shape index (κ3) is 2.66. The van der Waals surface area contributed by atoms with Gasteiger partial charge in [0.15, 0.2) is 5.78 Å². The molecule has 6 heteroatoms. The maximum atomic E-state index is 12.5. The Balaban J connectivity index is 3.30. The van der Waals surface area contributed by atoms with Gasteiger partial charge < -0.3 is 5.11 Å². The number of alkyl halides is 4. The number of rotatable bonds is 3. The Hall–Kier alpha value is -1.23. The van der Waals surface area contributed by atoms with Crippen LogP contribution in [-0.2, 0) is 6.18 Å². The van der Waals surface area contributed by atoms with E-state index in [9.17, 15) is 23.1 Å². The van der Waals surface area contributed by atoms with Crippen LogP contribution in [0.25, 0.3) is 0 Å². The number of phenolic OH excluding ortho intramolecular Hbond substituents is 1. The Morgan fingerprint density at radius 3 is 2.50 bits per heavy atom. The highest BCUT2D eigenvalue weighted by Gasteiger charge is 2.36. The van der Waals surface area contributed by atoms with Gasteiger partial charge in [-0.05, 0) is 12.1 Å². The molecule has 0 heterocycles. The van der Waals surface area contributed by atoms with Crippen LogP contribution in [0.2, 0.25) is 0 Å². The second kappa shape index (κ2) is 4.74. The van der Waals surface area contributed by atoms with Crippen LogP contribution in [0.1, 0.15) is 22.3 Å². The van der Waals surface area contributed by atoms with Gasteiger partial charge in [0.2, 0.25) is 0 Å². The zero-order chi connectivity index (χ0) is 12.3. The minimum absolute atomic E-state index is 0.0928. The van der Waals surface area contributed by atoms with Crippen molar-refractivity contribution in [3.8, 4) is 5.75 Å². The molecule has 0 bridgehead atoms. The molecule has 0 aliphatic heterocycles. The fourth-order valence-corrected chi connectivity index (χ4v) is 1.45. The summed E-state index contributed by atoms with van der Waals surface area (Å²) in [4.78, 5) is 11.4. The van der Waals surface area contributed by atoms with Crippen LogP contribution in [0.3, 0.4) is 0 Å². The van der Waals surface area contributed by atoms with Gasteiger partial charge >= 0.3 is 6.18 Å². The summed E-state index contributed by atoms with van der Waals surface area (Å²) in [6.07, 6.45) is -4.92. The van der Waals surface area contributed by atoms with Crippen molar-refractivity contribution in [2.75, 3.05) is 5.88 Å². The SMILES string of the molecule is O=C(CCCl)c1c(O)cccc1C(F)(F)F. The van der Waals surface area contributed by atoms with Crippen LogP contribution in [-0.4, -0.2) is 16.8 Å². The fourth-order valence-electron chi connectivity index (χ4n) is 1.28. The standard InChI is InChI=1S/C10H8ClF3O2/c11-5-4-8(16)9-6(10(12,13)14)2-1-3-7(9)15/h1-3,15H,4-5H2. The van der Waals surface area contributed by atoms with Crippen molar-refractivity contribution in [1.29, 1.82) is 0 Å². The van der Waals surface area contributed by atoms with E-state index >= 15 is 0 Å². The molecule has 1 aromatic carbocycles. The lowest BCUT2D eigenvalue weighted by Gasteiger charge is -2.12. The average molecular weight is 253 g/mol. The molecule has 0 fully saturated rings. The Morgan fingerprint density at radius 2 is 2.00 bits per heavy atom. The lowest BCUT2D eigenvalue weighted by atomic mass is 10.0. The van der Waals surface area contributed by atoms with Gasteiger partial charge in [-0.2, -0.15) is 13.2 Å². The first-order valence-corrected chi connectivity index (χ1v) is 4.89. The third-order valence-electron chi connectivity index (χ3n) is 1.95. The molecular weight excluding hydrogens is 245 g/mol. The number of halogens is 4. The number of Topliss-reactive ketones (excluding diaryl/α,β-unsaturated/α-hetero) is 1. The summed E-state index contributed by atoms with van der Waals surface area (Å²) in [6, 6.07) is 2.83. The number of phenols is 1. The van der Waals surface area contributed by atoms with E-state index in [0.29, 0.717) is 0 Å². The molecule has 2 nitrogen and oxygen atoms in total. The number of benzene rings is 1. The van der Waals surface area contributed by atoms with Crippen molar-refractivity contribution in [2.45, 2.75) is 12.6 Å². The summed E-state index contributed by atoms with van der Waals surface area (Å²) in [6.45, 7) is 0. The molecule has 0 spiro atoms. The van der Waals surface area contributed by atoms with Crippen molar-refractivity contribution in [2.24, 2.45) is 0 Å². The normalized spacial score (nSPS) is 11.5. The third-order valence-corrected chi connectivity index (χ3v) is 2.14. The summed E-state index contributed by atoms with van der Waals surface area (Å²) in [5, 5.41) is 9.29. The van der Waals surface area contributed by atoms with Crippen LogP contribution in [0.4, 0.5) is 13.2 Å². The van der Waals surface area contributed by atoms with Crippen LogP contribution in [0.5, 0.6) is 5.75 Å². The predicted molar refractivity (Wildman–Crippen MR) is 52.8 cm³/mol. The average Bonchev–Trinajstić information content (AvgIpc) is 2.16. The van der Waals surface area contributed by atoms with E-state index in [0.717, 1.165) is 18.2 Å². The van der Waals surface area contributed by atoms with E-state index in [1.807, 2.05) is 0 Å². The Labute approximate surface area is 94.6 Å². The van der Waals surface area contributed by atoms with Crippen molar-refractivity contribution < 1.29 is 23.1 Å². The quantitative estimate of drug-likeness (QED) is 0.662. The number of hydrogen-bond acceptors (Lipinski definition) is 2. The summed E-state index contributed by atoms with van der Waals surface area (Å²) < 4.78 is 37.6. The lowest BCUT2D eigenvalue weighted by Crippen LogP contribution is -2.13. The summed E-state index contributed by atoms with van der Waals surface area (Å²) >= 11 is 5.28. The highest BCUT2D eigenvalue weighted by atomic mass is 35.5. The first kappa shape index (κ1) is 12.8. The molecule has 1 aromatic rings. The summed E-state index contributed by atoms with van der Waals surface area (Å²) in [5.41, 5.74) is -1.85. The van der Waals surface area contributed by atoms with Gasteiger partial charge in [-0.25, -0.2) is 0 Å². The second-order valence-electron chi connectivity index (χ2n) is 3.06. The zero-order valence-electron chi connectivity index (χ0n) is 8.01. The molecular formula is C10H8ClF3O2. The molecule has 0 aliphatic rings. The first-order chi connectivity index (χ1) is 7.38. The smallest absolute Gasteiger partial charge is 0.417 e. The summed E-state index contributed by atoms with van der Waals surface area (Å²) in [5.74, 6) is -1.59. The number of hydrogen-bond donors (Lipinski definition) is 1. The van der Waals surface area contributed by atoms with E-state index in [4.69, 9.17) is 11.6 Å². The molecule has 0 saturated heterocycles. The summed E-state index contributed by atoms with van der Waals surface area (Å²) in [7, 11) is 0. The van der Waals surface area contributed by atoms with Crippen molar-refractivity contribution in [3.05, 3.63) is 29.3 Å². The van der Waals surface area contributed by atoms with Gasteiger partial charge in [0.1, 0.15) is 5.75 Å². The van der Waals surface area contributed by atoms with Crippen molar-refractivity contribution in [1.82, 2.24) is 0 Å². The topological polar surface area (TPSA) is 37.3 Å². The zero-order valence-corrected chi connectivity index (χ0v) is 8.77. The van der Waals surface area contributed by atoms with E-state index < -0.39 is 28.8 Å². The molecule has 0 unspecified atom stereocenters.